The van der Waals surface area contributed by atoms with Crippen LogP contribution in [0.5, 0.6) is 0 Å². The maximum absolute atomic E-state index is 10.1. The normalized spacial score (nSPS) is 10.2. The molecule has 2 rings (SSSR count). The summed E-state index contributed by atoms with van der Waals surface area (Å²) in [6.07, 6.45) is 3.29. The van der Waals surface area contributed by atoms with Crippen LogP contribution in [-0.2, 0) is 4.79 Å². The van der Waals surface area contributed by atoms with Crippen LogP contribution in [0.25, 0.3) is 11.2 Å². The fraction of sp³-hybridized carbons (Fsp3) is 0. The molecule has 0 unspecified atom stereocenters. The monoisotopic (exact) mass is 146 g/mol. The van der Waals surface area contributed by atoms with Gasteiger partial charge in [0.05, 0.1) is 0 Å². The third-order valence-corrected chi connectivity index (χ3v) is 1.35. The first kappa shape index (κ1) is 6.03. The summed E-state index contributed by atoms with van der Waals surface area (Å²) in [5.41, 5.74) is 1.30. The third kappa shape index (κ3) is 0.881. The van der Waals surface area contributed by atoms with Crippen LogP contribution in [-0.4, -0.2) is 21.2 Å². The number of carbonyl (C=O) groups excluding carboxylic acids is 1. The lowest BCUT2D eigenvalue weighted by Gasteiger charge is -1.80. The van der Waals surface area contributed by atoms with Crippen LogP contribution in [0.2, 0.25) is 0 Å². The zero-order valence-electron chi connectivity index (χ0n) is 5.53. The number of rotatable bonds is 1. The number of hydrogen-bond acceptors (Lipinski definition) is 3. The molecular weight excluding hydrogens is 142 g/mol. The zero-order valence-corrected chi connectivity index (χ0v) is 5.53. The van der Waals surface area contributed by atoms with Crippen molar-refractivity contribution in [1.29, 1.82) is 0 Å². The Labute approximate surface area is 62.3 Å². The van der Waals surface area contributed by atoms with Crippen LogP contribution < -0.4 is 0 Å². The first-order chi connectivity index (χ1) is 5.40. The van der Waals surface area contributed by atoms with Gasteiger partial charge in [-0.05, 0) is 12.1 Å². The number of aromatic nitrogens is 3. The van der Waals surface area contributed by atoms with Gasteiger partial charge >= 0.3 is 0 Å². The predicted molar refractivity (Wildman–Crippen MR) is 38.7 cm³/mol. The van der Waals surface area contributed by atoms with Gasteiger partial charge in [0.2, 0.25) is 0 Å². The standard InChI is InChI=1S/C7H4N3O/c11-4-6-9-5-2-1-3-8-7(5)10-6/h1-3H,(H,8,9,10). The number of imidazole rings is 1. The molecule has 2 heterocycles. The van der Waals surface area contributed by atoms with Crippen LogP contribution in [0, 0.1) is 0 Å². The van der Waals surface area contributed by atoms with Crippen molar-refractivity contribution in [2.24, 2.45) is 0 Å². The molecule has 0 aliphatic heterocycles. The molecule has 0 aromatic carbocycles. The molecule has 2 aromatic heterocycles. The van der Waals surface area contributed by atoms with Crippen molar-refractivity contribution in [3.05, 3.63) is 24.2 Å². The summed E-state index contributed by atoms with van der Waals surface area (Å²) in [7, 11) is 0. The second-order valence-corrected chi connectivity index (χ2v) is 2.06. The second kappa shape index (κ2) is 2.16. The Morgan fingerprint density at radius 1 is 1.55 bits per heavy atom. The number of nitrogens with one attached hydrogen (secondary N) is 1. The smallest absolute Gasteiger partial charge is 0.272 e. The van der Waals surface area contributed by atoms with Gasteiger partial charge in [0, 0.05) is 6.20 Å². The first-order valence-corrected chi connectivity index (χ1v) is 3.09. The van der Waals surface area contributed by atoms with Gasteiger partial charge in [0.1, 0.15) is 5.52 Å². The highest BCUT2D eigenvalue weighted by molar-refractivity contribution is 5.79. The van der Waals surface area contributed by atoms with Gasteiger partial charge in [-0.15, -0.1) is 0 Å². The van der Waals surface area contributed by atoms with Crippen LogP contribution in [0.3, 0.4) is 0 Å². The Bertz CT molecular complexity index is 360. The molecule has 0 saturated heterocycles. The summed E-state index contributed by atoms with van der Waals surface area (Å²) in [6, 6.07) is 3.54. The molecule has 53 valence electrons. The fourth-order valence-electron chi connectivity index (χ4n) is 0.892. The molecule has 4 heteroatoms. The molecule has 11 heavy (non-hydrogen) atoms. The Kier molecular flexibility index (Phi) is 1.18. The Morgan fingerprint density at radius 2 is 2.45 bits per heavy atom. The van der Waals surface area contributed by atoms with E-state index in [2.05, 4.69) is 15.0 Å². The molecule has 0 saturated carbocycles. The topological polar surface area (TPSA) is 58.6 Å². The molecule has 1 radical (unpaired) electrons. The Morgan fingerprint density at radius 3 is 3.18 bits per heavy atom. The summed E-state index contributed by atoms with van der Waals surface area (Å²) in [6.45, 7) is 0. The van der Waals surface area contributed by atoms with E-state index >= 15 is 0 Å². The quantitative estimate of drug-likeness (QED) is 0.634. The van der Waals surface area contributed by atoms with Crippen LogP contribution in [0.1, 0.15) is 5.82 Å². The van der Waals surface area contributed by atoms with E-state index in [0.29, 0.717) is 11.2 Å². The van der Waals surface area contributed by atoms with E-state index in [1.807, 2.05) is 0 Å². The van der Waals surface area contributed by atoms with Crippen molar-refractivity contribution in [1.82, 2.24) is 15.0 Å². The molecule has 0 atom stereocenters. The summed E-state index contributed by atoms with van der Waals surface area (Å²) in [5.74, 6) is 0.193. The minimum atomic E-state index is 0.193. The largest absolute Gasteiger partial charge is 0.320 e. The van der Waals surface area contributed by atoms with E-state index in [4.69, 9.17) is 0 Å². The molecule has 2 aromatic rings. The van der Waals surface area contributed by atoms with Crippen LogP contribution in [0.15, 0.2) is 18.3 Å². The molecular formula is C7H4N3O. The van der Waals surface area contributed by atoms with E-state index < -0.39 is 0 Å². The van der Waals surface area contributed by atoms with Gasteiger partial charge in [-0.25, -0.2) is 9.97 Å². The number of fused-ring (bicyclic) bond motifs is 1. The third-order valence-electron chi connectivity index (χ3n) is 1.35. The van der Waals surface area contributed by atoms with Crippen molar-refractivity contribution in [2.45, 2.75) is 0 Å². The average Bonchev–Trinajstić information content (AvgIpc) is 2.46. The molecule has 0 spiro atoms. The minimum absolute atomic E-state index is 0.193. The zero-order chi connectivity index (χ0) is 7.68. The van der Waals surface area contributed by atoms with Gasteiger partial charge in [0.25, 0.3) is 6.29 Å². The van der Waals surface area contributed by atoms with Gasteiger partial charge in [-0.2, -0.15) is 0 Å². The molecule has 1 N–H and O–H groups in total. The summed E-state index contributed by atoms with van der Waals surface area (Å²) < 4.78 is 0. The lowest BCUT2D eigenvalue weighted by molar-refractivity contribution is 0.560. The molecule has 0 aliphatic carbocycles. The van der Waals surface area contributed by atoms with Gasteiger partial charge in [-0.3, -0.25) is 4.79 Å². The van der Waals surface area contributed by atoms with Crippen molar-refractivity contribution in [2.75, 3.05) is 0 Å². The molecule has 0 fully saturated rings. The fourth-order valence-corrected chi connectivity index (χ4v) is 0.892. The predicted octanol–water partition coefficient (Wildman–Crippen LogP) is 0.416. The number of aromatic amines is 1. The summed E-state index contributed by atoms with van der Waals surface area (Å²) in [5, 5.41) is 0. The van der Waals surface area contributed by atoms with E-state index in [1.165, 1.54) is 0 Å². The lowest BCUT2D eigenvalue weighted by atomic mass is 10.4. The van der Waals surface area contributed by atoms with Crippen LogP contribution in [0.4, 0.5) is 0 Å². The van der Waals surface area contributed by atoms with Gasteiger partial charge in [-0.1, -0.05) is 0 Å². The van der Waals surface area contributed by atoms with Crippen molar-refractivity contribution < 1.29 is 4.79 Å². The highest BCUT2D eigenvalue weighted by Crippen LogP contribution is 2.04. The maximum Gasteiger partial charge on any atom is 0.272 e. The Hall–Kier alpha value is -1.71. The van der Waals surface area contributed by atoms with Crippen molar-refractivity contribution in [3.63, 3.8) is 0 Å². The van der Waals surface area contributed by atoms with Gasteiger partial charge < -0.3 is 4.98 Å². The van der Waals surface area contributed by atoms with E-state index in [-0.39, 0.29) is 5.82 Å². The molecule has 0 bridgehead atoms. The molecule has 0 aliphatic rings. The number of nitrogens with zero attached hydrogens (tertiary/aromatic N) is 2. The van der Waals surface area contributed by atoms with Crippen molar-refractivity contribution >= 4 is 17.5 Å². The van der Waals surface area contributed by atoms with Crippen molar-refractivity contribution in [3.8, 4) is 0 Å². The Balaban J connectivity index is 2.78. The number of hydrogen-bond donors (Lipinski definition) is 1. The molecule has 0 amide bonds. The first-order valence-electron chi connectivity index (χ1n) is 3.09. The van der Waals surface area contributed by atoms with Gasteiger partial charge in [0.15, 0.2) is 11.5 Å². The highest BCUT2D eigenvalue weighted by Gasteiger charge is 2.00. The van der Waals surface area contributed by atoms with Crippen LogP contribution >= 0.6 is 0 Å². The second-order valence-electron chi connectivity index (χ2n) is 2.06. The van der Waals surface area contributed by atoms with E-state index in [9.17, 15) is 4.79 Å². The average molecular weight is 146 g/mol. The number of pyridine rings is 1. The maximum atomic E-state index is 10.1. The number of H-pyrrole nitrogens is 1. The van der Waals surface area contributed by atoms with E-state index in [1.54, 1.807) is 24.6 Å². The summed E-state index contributed by atoms with van der Waals surface area (Å²) in [4.78, 5) is 20.7. The minimum Gasteiger partial charge on any atom is -0.320 e. The highest BCUT2D eigenvalue weighted by atomic mass is 16.1. The SMILES string of the molecule is O=[C]c1nc2cccnc2[nH]1. The summed E-state index contributed by atoms with van der Waals surface area (Å²) >= 11 is 0. The molecule has 4 nitrogen and oxygen atoms in total. The lowest BCUT2D eigenvalue weighted by Crippen LogP contribution is -1.80. The van der Waals surface area contributed by atoms with E-state index in [0.717, 1.165) is 0 Å².